The smallest absolute Gasteiger partial charge is 0.358 e. The van der Waals surface area contributed by atoms with Gasteiger partial charge in [-0.2, -0.15) is 4.98 Å². The number of aromatic nitrogens is 2. The number of carbonyl (C=O) groups is 1. The Labute approximate surface area is 127 Å². The lowest BCUT2D eigenvalue weighted by Crippen LogP contribution is -2.81. The van der Waals surface area contributed by atoms with Crippen LogP contribution in [0.25, 0.3) is 10.9 Å². The van der Waals surface area contributed by atoms with Crippen molar-refractivity contribution in [2.75, 3.05) is 18.5 Å². The number of anilines is 1. The molecule has 1 aliphatic heterocycles. The molecule has 1 amide bonds. The number of nitrogens with one attached hydrogen (secondary N) is 3. The first-order valence-electron chi connectivity index (χ1n) is 7.24. The van der Waals surface area contributed by atoms with Gasteiger partial charge in [-0.15, -0.1) is 0 Å². The van der Waals surface area contributed by atoms with Crippen LogP contribution in [0.1, 0.15) is 19.0 Å². The summed E-state index contributed by atoms with van der Waals surface area (Å²) in [5.41, 5.74) is 1.66. The van der Waals surface area contributed by atoms with E-state index in [1.165, 1.54) is 0 Å². The minimum atomic E-state index is -0.0277. The van der Waals surface area contributed by atoms with Crippen molar-refractivity contribution in [1.82, 2.24) is 15.3 Å². The van der Waals surface area contributed by atoms with Crippen LogP contribution in [0.2, 0.25) is 0 Å². The molecule has 0 radical (unpaired) electrons. The maximum absolute atomic E-state index is 11.4. The fraction of sp³-hybridized carbons (Fsp3) is 0.333. The molecule has 0 saturated carbocycles. The van der Waals surface area contributed by atoms with Gasteiger partial charge in [0.05, 0.1) is 30.8 Å². The molecule has 0 atom stereocenters. The number of rotatable bonds is 3. The zero-order valence-corrected chi connectivity index (χ0v) is 12.6. The summed E-state index contributed by atoms with van der Waals surface area (Å²) in [4.78, 5) is 23.3. The summed E-state index contributed by atoms with van der Waals surface area (Å²) in [7, 11) is 0. The van der Waals surface area contributed by atoms with Crippen LogP contribution < -0.4 is 20.4 Å². The number of nitrogens with zero attached hydrogens (tertiary/aromatic N) is 2. The summed E-state index contributed by atoms with van der Waals surface area (Å²) >= 11 is 0. The van der Waals surface area contributed by atoms with E-state index < -0.39 is 0 Å². The molecule has 7 nitrogen and oxygen atoms in total. The maximum Gasteiger partial charge on any atom is 0.358 e. The zero-order valence-electron chi connectivity index (χ0n) is 12.6. The summed E-state index contributed by atoms with van der Waals surface area (Å²) < 4.78 is 5.50. The SMILES string of the molecule is CCOc1ccc2nc(NC3=[NH+]CCC(=O)N3)nc(C)c2c1. The molecular weight excluding hydrogens is 282 g/mol. The molecule has 0 fully saturated rings. The minimum Gasteiger partial charge on any atom is -0.494 e. The van der Waals surface area contributed by atoms with Crippen LogP contribution in [0.4, 0.5) is 5.95 Å². The predicted octanol–water partition coefficient (Wildman–Crippen LogP) is -0.295. The Hall–Kier alpha value is -2.70. The lowest BCUT2D eigenvalue weighted by Gasteiger charge is -2.09. The second-order valence-electron chi connectivity index (χ2n) is 4.97. The normalized spacial score (nSPS) is 14.5. The molecule has 2 aromatic rings. The van der Waals surface area contributed by atoms with Crippen molar-refractivity contribution in [3.63, 3.8) is 0 Å². The van der Waals surface area contributed by atoms with Crippen molar-refractivity contribution < 1.29 is 14.5 Å². The molecule has 0 spiro atoms. The molecule has 114 valence electrons. The van der Waals surface area contributed by atoms with E-state index in [0.717, 1.165) is 22.3 Å². The molecule has 3 rings (SSSR count). The Bertz CT molecular complexity index is 757. The zero-order chi connectivity index (χ0) is 15.5. The molecule has 22 heavy (non-hydrogen) atoms. The number of aryl methyl sites for hydroxylation is 1. The van der Waals surface area contributed by atoms with Crippen molar-refractivity contribution >= 4 is 28.7 Å². The first kappa shape index (κ1) is 14.2. The fourth-order valence-electron chi connectivity index (χ4n) is 2.31. The van der Waals surface area contributed by atoms with Gasteiger partial charge in [0, 0.05) is 5.39 Å². The number of fused-ring (bicyclic) bond motifs is 1. The number of guanidine groups is 1. The third-order valence-corrected chi connectivity index (χ3v) is 3.32. The third kappa shape index (κ3) is 2.98. The summed E-state index contributed by atoms with van der Waals surface area (Å²) in [6.45, 7) is 5.08. The Morgan fingerprint density at radius 1 is 1.41 bits per heavy atom. The summed E-state index contributed by atoms with van der Waals surface area (Å²) in [5.74, 6) is 1.73. The molecule has 1 aromatic heterocycles. The lowest BCUT2D eigenvalue weighted by molar-refractivity contribution is -0.460. The van der Waals surface area contributed by atoms with Crippen LogP contribution >= 0.6 is 0 Å². The van der Waals surface area contributed by atoms with E-state index in [9.17, 15) is 4.79 Å². The largest absolute Gasteiger partial charge is 0.494 e. The van der Waals surface area contributed by atoms with Crippen LogP contribution in [0.15, 0.2) is 18.2 Å². The van der Waals surface area contributed by atoms with Crippen molar-refractivity contribution in [3.05, 3.63) is 23.9 Å². The van der Waals surface area contributed by atoms with Gasteiger partial charge in [-0.1, -0.05) is 0 Å². The number of benzene rings is 1. The van der Waals surface area contributed by atoms with Gasteiger partial charge in [-0.25, -0.2) is 15.6 Å². The Balaban J connectivity index is 1.90. The van der Waals surface area contributed by atoms with Gasteiger partial charge >= 0.3 is 5.96 Å². The van der Waals surface area contributed by atoms with Gasteiger partial charge in [0.25, 0.3) is 11.9 Å². The Kier molecular flexibility index (Phi) is 3.86. The maximum atomic E-state index is 11.4. The topological polar surface area (TPSA) is 90.1 Å². The van der Waals surface area contributed by atoms with Gasteiger partial charge in [-0.05, 0) is 32.0 Å². The summed E-state index contributed by atoms with van der Waals surface area (Å²) in [6.07, 6.45) is 0.461. The average molecular weight is 300 g/mol. The number of hydrogen-bond acceptors (Lipinski definition) is 5. The van der Waals surface area contributed by atoms with E-state index in [1.54, 1.807) is 0 Å². The molecule has 0 bridgehead atoms. The van der Waals surface area contributed by atoms with E-state index in [2.05, 4.69) is 25.6 Å². The highest BCUT2D eigenvalue weighted by atomic mass is 16.5. The van der Waals surface area contributed by atoms with Gasteiger partial charge in [-0.3, -0.25) is 9.79 Å². The fourth-order valence-corrected chi connectivity index (χ4v) is 2.31. The summed E-state index contributed by atoms with van der Waals surface area (Å²) in [6, 6.07) is 5.72. The standard InChI is InChI=1S/C15H17N5O2/c1-3-22-10-4-5-12-11(8-10)9(2)17-15(18-12)20-14-16-7-6-13(21)19-14/h4-5,8H,3,6-7H2,1-2H3,(H2,16,17,18,19,20,21)/p+1. The van der Waals surface area contributed by atoms with Gasteiger partial charge in [0.1, 0.15) is 5.75 Å². The molecule has 0 aliphatic carbocycles. The van der Waals surface area contributed by atoms with Crippen molar-refractivity contribution in [2.45, 2.75) is 20.3 Å². The van der Waals surface area contributed by atoms with Crippen LogP contribution in [-0.4, -0.2) is 35.0 Å². The molecule has 2 heterocycles. The van der Waals surface area contributed by atoms with Crippen LogP contribution in [0.3, 0.4) is 0 Å². The van der Waals surface area contributed by atoms with E-state index in [4.69, 9.17) is 4.74 Å². The van der Waals surface area contributed by atoms with Gasteiger partial charge in [0.2, 0.25) is 0 Å². The molecule has 0 saturated heterocycles. The molecule has 1 aromatic carbocycles. The van der Waals surface area contributed by atoms with Crippen LogP contribution in [-0.2, 0) is 4.79 Å². The van der Waals surface area contributed by atoms with Crippen molar-refractivity contribution in [1.29, 1.82) is 0 Å². The Morgan fingerprint density at radius 3 is 3.05 bits per heavy atom. The first-order chi connectivity index (χ1) is 10.7. The predicted molar refractivity (Wildman–Crippen MR) is 82.7 cm³/mol. The molecule has 7 heteroatoms. The molecule has 1 aliphatic rings. The average Bonchev–Trinajstić information content (AvgIpc) is 2.48. The number of ether oxygens (including phenoxy) is 1. The summed E-state index contributed by atoms with van der Waals surface area (Å²) in [5, 5.41) is 6.66. The van der Waals surface area contributed by atoms with E-state index in [-0.39, 0.29) is 5.91 Å². The van der Waals surface area contributed by atoms with E-state index >= 15 is 0 Å². The highest BCUT2D eigenvalue weighted by Gasteiger charge is 2.19. The number of amides is 1. The van der Waals surface area contributed by atoms with Gasteiger partial charge in [0.15, 0.2) is 0 Å². The third-order valence-electron chi connectivity index (χ3n) is 3.32. The lowest BCUT2D eigenvalue weighted by atomic mass is 10.2. The van der Waals surface area contributed by atoms with Crippen LogP contribution in [0.5, 0.6) is 5.75 Å². The van der Waals surface area contributed by atoms with Crippen molar-refractivity contribution in [3.8, 4) is 5.75 Å². The van der Waals surface area contributed by atoms with E-state index in [1.807, 2.05) is 32.0 Å². The van der Waals surface area contributed by atoms with E-state index in [0.29, 0.717) is 31.5 Å². The highest BCUT2D eigenvalue weighted by molar-refractivity contribution is 6.01. The molecule has 0 unspecified atom stereocenters. The first-order valence-corrected chi connectivity index (χ1v) is 7.24. The minimum absolute atomic E-state index is 0.0277. The van der Waals surface area contributed by atoms with Crippen molar-refractivity contribution in [2.24, 2.45) is 0 Å². The van der Waals surface area contributed by atoms with Gasteiger partial charge < -0.3 is 4.74 Å². The monoisotopic (exact) mass is 300 g/mol. The quantitative estimate of drug-likeness (QED) is 0.724. The molecule has 3 N–H and O–H groups in total. The molecular formula is C15H18N5O2+. The second-order valence-corrected chi connectivity index (χ2v) is 4.97. The Morgan fingerprint density at radius 2 is 2.27 bits per heavy atom. The highest BCUT2D eigenvalue weighted by Crippen LogP contribution is 2.22. The number of hydrogen-bond donors (Lipinski definition) is 3. The number of carbonyl (C=O) groups excluding carboxylic acids is 1. The second kappa shape index (κ2) is 5.97. The van der Waals surface area contributed by atoms with Crippen LogP contribution in [0, 0.1) is 6.92 Å².